The fourth-order valence-electron chi connectivity index (χ4n) is 3.52. The van der Waals surface area contributed by atoms with E-state index < -0.39 is 0 Å². The van der Waals surface area contributed by atoms with Gasteiger partial charge in [0, 0.05) is 25.9 Å². The van der Waals surface area contributed by atoms with Crippen molar-refractivity contribution in [3.8, 4) is 0 Å². The number of H-pyrrole nitrogens is 1. The highest BCUT2D eigenvalue weighted by molar-refractivity contribution is 5.94. The average Bonchev–Trinajstić information content (AvgIpc) is 3.14. The van der Waals surface area contributed by atoms with Crippen molar-refractivity contribution >= 4 is 16.8 Å². The van der Waals surface area contributed by atoms with Gasteiger partial charge in [0.25, 0.3) is 11.5 Å². The first-order valence-corrected chi connectivity index (χ1v) is 8.51. The zero-order valence-corrected chi connectivity index (χ0v) is 14.3. The minimum Gasteiger partial charge on any atom is -0.328 e. The van der Waals surface area contributed by atoms with Crippen LogP contribution in [0.1, 0.15) is 35.1 Å². The second-order valence-corrected chi connectivity index (χ2v) is 6.45. The van der Waals surface area contributed by atoms with E-state index in [4.69, 9.17) is 0 Å². The molecule has 132 valence electrons. The third-order valence-electron chi connectivity index (χ3n) is 4.86. The predicted molar refractivity (Wildman–Crippen MR) is 97.1 cm³/mol. The number of hydrogen-bond donors (Lipinski definition) is 1. The number of aromatic amines is 1. The van der Waals surface area contributed by atoms with Gasteiger partial charge in [-0.1, -0.05) is 12.1 Å². The van der Waals surface area contributed by atoms with Gasteiger partial charge in [-0.05, 0) is 31.0 Å². The van der Waals surface area contributed by atoms with E-state index in [1.807, 2.05) is 18.2 Å². The molecule has 0 aliphatic carbocycles. The standard InChI is InChI=1S/C19H18N4O3/c1-22-17(21-14-6-3-2-5-13(14)19(22)26)15-7-4-10-23(15)18(25)12-8-9-16(24)20-11-12/h2-3,5-6,8-9,11,15H,4,7,10H2,1H3,(H,20,24). The van der Waals surface area contributed by atoms with Gasteiger partial charge in [0.2, 0.25) is 5.56 Å². The molecule has 1 N–H and O–H groups in total. The molecule has 26 heavy (non-hydrogen) atoms. The molecule has 2 aromatic heterocycles. The molecule has 7 nitrogen and oxygen atoms in total. The SMILES string of the molecule is Cn1c(C2CCCN2C(=O)c2ccc(=O)[nH]c2)nc2ccccc2c1=O. The number of rotatable bonds is 2. The number of amides is 1. The molecule has 1 unspecified atom stereocenters. The molecule has 1 atom stereocenters. The average molecular weight is 350 g/mol. The molecule has 1 saturated heterocycles. The molecule has 1 aromatic carbocycles. The first-order chi connectivity index (χ1) is 12.6. The fraction of sp³-hybridized carbons (Fsp3) is 0.263. The van der Waals surface area contributed by atoms with Crippen LogP contribution < -0.4 is 11.1 Å². The number of likely N-dealkylation sites (tertiary alicyclic amines) is 1. The van der Waals surface area contributed by atoms with Crippen LogP contribution in [0.15, 0.2) is 52.2 Å². The summed E-state index contributed by atoms with van der Waals surface area (Å²) < 4.78 is 1.53. The van der Waals surface area contributed by atoms with E-state index in [2.05, 4.69) is 9.97 Å². The van der Waals surface area contributed by atoms with Crippen LogP contribution >= 0.6 is 0 Å². The minimum atomic E-state index is -0.267. The Labute approximate surface area is 148 Å². The number of nitrogens with one attached hydrogen (secondary N) is 1. The molecule has 7 heteroatoms. The second-order valence-electron chi connectivity index (χ2n) is 6.45. The smallest absolute Gasteiger partial charge is 0.261 e. The topological polar surface area (TPSA) is 88.1 Å². The third kappa shape index (κ3) is 2.61. The summed E-state index contributed by atoms with van der Waals surface area (Å²) in [6, 6.07) is 9.81. The van der Waals surface area contributed by atoms with E-state index in [1.54, 1.807) is 18.0 Å². The first kappa shape index (κ1) is 16.3. The van der Waals surface area contributed by atoms with Crippen LogP contribution in [0.3, 0.4) is 0 Å². The normalized spacial score (nSPS) is 17.0. The van der Waals surface area contributed by atoms with Crippen LogP contribution in [0.25, 0.3) is 10.9 Å². The van der Waals surface area contributed by atoms with Gasteiger partial charge in [-0.3, -0.25) is 19.0 Å². The van der Waals surface area contributed by atoms with Crippen molar-refractivity contribution in [1.29, 1.82) is 0 Å². The Morgan fingerprint density at radius 1 is 1.19 bits per heavy atom. The van der Waals surface area contributed by atoms with Crippen molar-refractivity contribution in [1.82, 2.24) is 19.4 Å². The number of benzene rings is 1. The maximum Gasteiger partial charge on any atom is 0.261 e. The van der Waals surface area contributed by atoms with Gasteiger partial charge in [0.05, 0.1) is 22.5 Å². The highest BCUT2D eigenvalue weighted by atomic mass is 16.2. The van der Waals surface area contributed by atoms with Crippen LogP contribution in [-0.4, -0.2) is 31.9 Å². The molecule has 0 bridgehead atoms. The van der Waals surface area contributed by atoms with Gasteiger partial charge in [-0.15, -0.1) is 0 Å². The highest BCUT2D eigenvalue weighted by Gasteiger charge is 2.33. The largest absolute Gasteiger partial charge is 0.328 e. The number of fused-ring (bicyclic) bond motifs is 1. The lowest BCUT2D eigenvalue weighted by Crippen LogP contribution is -2.35. The van der Waals surface area contributed by atoms with Crippen molar-refractivity contribution in [2.24, 2.45) is 7.05 Å². The van der Waals surface area contributed by atoms with Gasteiger partial charge >= 0.3 is 0 Å². The molecule has 3 aromatic rings. The Morgan fingerprint density at radius 3 is 2.77 bits per heavy atom. The summed E-state index contributed by atoms with van der Waals surface area (Å²) in [6.07, 6.45) is 3.00. The summed E-state index contributed by atoms with van der Waals surface area (Å²) in [5.41, 5.74) is 0.684. The van der Waals surface area contributed by atoms with Crippen molar-refractivity contribution < 1.29 is 4.79 Å². The molecular weight excluding hydrogens is 332 g/mol. The molecule has 0 saturated carbocycles. The van der Waals surface area contributed by atoms with E-state index >= 15 is 0 Å². The minimum absolute atomic E-state index is 0.117. The van der Waals surface area contributed by atoms with Crippen LogP contribution in [0.2, 0.25) is 0 Å². The number of nitrogens with zero attached hydrogens (tertiary/aromatic N) is 3. The van der Waals surface area contributed by atoms with Crippen LogP contribution in [-0.2, 0) is 7.05 Å². The number of para-hydroxylation sites is 1. The summed E-state index contributed by atoms with van der Waals surface area (Å²) in [5, 5.41) is 0.565. The lowest BCUT2D eigenvalue weighted by molar-refractivity contribution is 0.0727. The lowest BCUT2D eigenvalue weighted by atomic mass is 10.1. The summed E-state index contributed by atoms with van der Waals surface area (Å²) in [5.74, 6) is 0.412. The van der Waals surface area contributed by atoms with E-state index in [0.717, 1.165) is 12.8 Å². The summed E-state index contributed by atoms with van der Waals surface area (Å²) >= 11 is 0. The molecule has 1 aliphatic heterocycles. The van der Waals surface area contributed by atoms with Gasteiger partial charge in [0.1, 0.15) is 5.82 Å². The molecule has 1 amide bonds. The monoisotopic (exact) mass is 350 g/mol. The molecule has 0 radical (unpaired) electrons. The molecule has 3 heterocycles. The number of carbonyl (C=O) groups is 1. The Kier molecular flexibility index (Phi) is 3.91. The second kappa shape index (κ2) is 6.25. The predicted octanol–water partition coefficient (Wildman–Crippen LogP) is 1.60. The third-order valence-corrected chi connectivity index (χ3v) is 4.86. The Morgan fingerprint density at radius 2 is 2.00 bits per heavy atom. The zero-order valence-electron chi connectivity index (χ0n) is 14.3. The van der Waals surface area contributed by atoms with Gasteiger partial charge < -0.3 is 9.88 Å². The molecule has 1 aliphatic rings. The van der Waals surface area contributed by atoms with Crippen LogP contribution in [0, 0.1) is 0 Å². The van der Waals surface area contributed by atoms with Gasteiger partial charge in [-0.25, -0.2) is 4.98 Å². The van der Waals surface area contributed by atoms with E-state index in [0.29, 0.717) is 28.8 Å². The quantitative estimate of drug-likeness (QED) is 0.760. The zero-order chi connectivity index (χ0) is 18.3. The van der Waals surface area contributed by atoms with Crippen molar-refractivity contribution in [3.05, 3.63) is 74.7 Å². The lowest BCUT2D eigenvalue weighted by Gasteiger charge is -2.25. The summed E-state index contributed by atoms with van der Waals surface area (Å²) in [7, 11) is 1.69. The number of aromatic nitrogens is 3. The Hall–Kier alpha value is -3.22. The Bertz CT molecular complexity index is 1100. The van der Waals surface area contributed by atoms with Gasteiger partial charge in [-0.2, -0.15) is 0 Å². The van der Waals surface area contributed by atoms with Crippen molar-refractivity contribution in [2.45, 2.75) is 18.9 Å². The molecular formula is C19H18N4O3. The summed E-state index contributed by atoms with van der Waals surface area (Å²) in [6.45, 7) is 0.589. The first-order valence-electron chi connectivity index (χ1n) is 8.51. The maximum atomic E-state index is 12.9. The van der Waals surface area contributed by atoms with Crippen molar-refractivity contribution in [2.75, 3.05) is 6.54 Å². The van der Waals surface area contributed by atoms with E-state index in [-0.39, 0.29) is 23.1 Å². The molecule has 0 spiro atoms. The number of hydrogen-bond acceptors (Lipinski definition) is 4. The van der Waals surface area contributed by atoms with Crippen LogP contribution in [0.4, 0.5) is 0 Å². The highest BCUT2D eigenvalue weighted by Crippen LogP contribution is 2.32. The number of pyridine rings is 1. The van der Waals surface area contributed by atoms with Gasteiger partial charge in [0.15, 0.2) is 0 Å². The molecule has 4 rings (SSSR count). The maximum absolute atomic E-state index is 12.9. The van der Waals surface area contributed by atoms with Crippen LogP contribution in [0.5, 0.6) is 0 Å². The van der Waals surface area contributed by atoms with Crippen molar-refractivity contribution in [3.63, 3.8) is 0 Å². The number of carbonyl (C=O) groups excluding carboxylic acids is 1. The van der Waals surface area contributed by atoms with E-state index in [1.165, 1.54) is 22.9 Å². The Balaban J connectivity index is 1.77. The summed E-state index contributed by atoms with van der Waals surface area (Å²) in [4.78, 5) is 45.7. The fourth-order valence-corrected chi connectivity index (χ4v) is 3.52. The molecule has 1 fully saturated rings. The van der Waals surface area contributed by atoms with E-state index in [9.17, 15) is 14.4 Å².